The van der Waals surface area contributed by atoms with E-state index in [0.29, 0.717) is 18.1 Å². The van der Waals surface area contributed by atoms with Gasteiger partial charge >= 0.3 is 0 Å². The van der Waals surface area contributed by atoms with Gasteiger partial charge in [-0.05, 0) is 12.5 Å². The zero-order valence-electron chi connectivity index (χ0n) is 14.8. The largest absolute Gasteiger partial charge is 0.472 e. The highest BCUT2D eigenvalue weighted by Crippen LogP contribution is 2.26. The average molecular weight is 393 g/mol. The second kappa shape index (κ2) is 7.45. The van der Waals surface area contributed by atoms with Crippen LogP contribution in [0.5, 0.6) is 5.88 Å². The third-order valence-electron chi connectivity index (χ3n) is 4.12. The molecule has 10 nitrogen and oxygen atoms in total. The van der Waals surface area contributed by atoms with Gasteiger partial charge in [-0.2, -0.15) is 9.29 Å². The molecule has 2 heterocycles. The fourth-order valence-corrected chi connectivity index (χ4v) is 4.23. The summed E-state index contributed by atoms with van der Waals surface area (Å²) in [5.41, 5.74) is -0.265. The summed E-state index contributed by atoms with van der Waals surface area (Å²) in [6.45, 7) is 0.398. The van der Waals surface area contributed by atoms with Gasteiger partial charge in [-0.15, -0.1) is 0 Å². The summed E-state index contributed by atoms with van der Waals surface area (Å²) < 4.78 is 32.6. The number of hydrogen-bond donors (Lipinski definition) is 0. The van der Waals surface area contributed by atoms with Crippen molar-refractivity contribution >= 4 is 21.5 Å². The Morgan fingerprint density at radius 3 is 2.81 bits per heavy atom. The number of nitro benzene ring substituents is 1. The van der Waals surface area contributed by atoms with Crippen molar-refractivity contribution in [3.63, 3.8) is 0 Å². The Labute approximate surface area is 156 Å². The maximum Gasteiger partial charge on any atom is 0.270 e. The van der Waals surface area contributed by atoms with E-state index in [2.05, 4.69) is 9.97 Å². The summed E-state index contributed by atoms with van der Waals surface area (Å²) >= 11 is 0. The molecule has 1 aliphatic rings. The Morgan fingerprint density at radius 1 is 1.33 bits per heavy atom. The van der Waals surface area contributed by atoms with Crippen LogP contribution in [-0.4, -0.2) is 60.9 Å². The van der Waals surface area contributed by atoms with Crippen LogP contribution < -0.4 is 9.64 Å². The van der Waals surface area contributed by atoms with Gasteiger partial charge in [0, 0.05) is 32.8 Å². The molecule has 1 atom stereocenters. The first-order chi connectivity index (χ1) is 12.8. The molecule has 1 saturated heterocycles. The highest BCUT2D eigenvalue weighted by atomic mass is 32.2. The number of ether oxygens (including phenoxy) is 1. The molecule has 0 spiro atoms. The van der Waals surface area contributed by atoms with Crippen molar-refractivity contribution in [1.82, 2.24) is 14.3 Å². The van der Waals surface area contributed by atoms with Crippen molar-refractivity contribution in [2.75, 3.05) is 32.1 Å². The topological polar surface area (TPSA) is 119 Å². The van der Waals surface area contributed by atoms with E-state index >= 15 is 0 Å². The molecule has 0 aliphatic carbocycles. The Kier molecular flexibility index (Phi) is 5.24. The predicted molar refractivity (Wildman–Crippen MR) is 97.2 cm³/mol. The van der Waals surface area contributed by atoms with Crippen LogP contribution in [0.1, 0.15) is 6.42 Å². The van der Waals surface area contributed by atoms with Gasteiger partial charge < -0.3 is 9.64 Å². The van der Waals surface area contributed by atoms with Crippen LogP contribution in [0.25, 0.3) is 0 Å². The Balaban J connectivity index is 1.72. The molecule has 0 amide bonds. The van der Waals surface area contributed by atoms with Gasteiger partial charge in [0.2, 0.25) is 15.9 Å². The minimum atomic E-state index is -3.84. The molecule has 2 aromatic rings. The smallest absolute Gasteiger partial charge is 0.270 e. The van der Waals surface area contributed by atoms with Gasteiger partial charge in [0.25, 0.3) is 5.69 Å². The van der Waals surface area contributed by atoms with Crippen LogP contribution in [0.4, 0.5) is 11.5 Å². The first-order valence-electron chi connectivity index (χ1n) is 8.18. The van der Waals surface area contributed by atoms with Crippen molar-refractivity contribution in [2.45, 2.75) is 17.4 Å². The molecule has 0 N–H and O–H groups in total. The maximum absolute atomic E-state index is 12.8. The second-order valence-corrected chi connectivity index (χ2v) is 8.19. The molecule has 1 aromatic heterocycles. The summed E-state index contributed by atoms with van der Waals surface area (Å²) in [6, 6.07) is 5.03. The molecule has 11 heteroatoms. The van der Waals surface area contributed by atoms with Gasteiger partial charge in [-0.25, -0.2) is 8.42 Å². The quantitative estimate of drug-likeness (QED) is 0.532. The van der Waals surface area contributed by atoms with E-state index in [1.54, 1.807) is 11.1 Å². The number of non-ortho nitro benzene ring substituents is 1. The number of rotatable bonds is 6. The number of hydrogen-bond acceptors (Lipinski definition) is 8. The number of benzene rings is 1. The number of aromatic nitrogens is 2. The monoisotopic (exact) mass is 393 g/mol. The number of nitro groups is 1. The Morgan fingerprint density at radius 2 is 2.11 bits per heavy atom. The predicted octanol–water partition coefficient (Wildman–Crippen LogP) is 1.29. The lowest BCUT2D eigenvalue weighted by atomic mass is 10.3. The first kappa shape index (κ1) is 19.0. The lowest BCUT2D eigenvalue weighted by Crippen LogP contribution is -2.31. The minimum absolute atomic E-state index is 0.105. The zero-order chi connectivity index (χ0) is 19.6. The minimum Gasteiger partial charge on any atom is -0.472 e. The maximum atomic E-state index is 12.8. The fourth-order valence-electron chi connectivity index (χ4n) is 2.70. The normalized spacial score (nSPS) is 17.6. The molecule has 27 heavy (non-hydrogen) atoms. The van der Waals surface area contributed by atoms with Crippen LogP contribution in [0, 0.1) is 10.1 Å². The highest BCUT2D eigenvalue weighted by molar-refractivity contribution is 7.89. The van der Waals surface area contributed by atoms with Crippen molar-refractivity contribution in [1.29, 1.82) is 0 Å². The van der Waals surface area contributed by atoms with Crippen LogP contribution in [-0.2, 0) is 10.0 Å². The highest BCUT2D eigenvalue weighted by Gasteiger charge is 2.34. The van der Waals surface area contributed by atoms with Crippen molar-refractivity contribution in [3.8, 4) is 5.88 Å². The summed E-state index contributed by atoms with van der Waals surface area (Å²) in [6.07, 6.45) is 3.19. The number of nitrogens with zero attached hydrogens (tertiary/aromatic N) is 5. The van der Waals surface area contributed by atoms with Crippen LogP contribution >= 0.6 is 0 Å². The van der Waals surface area contributed by atoms with Gasteiger partial charge in [0.05, 0.1) is 28.8 Å². The van der Waals surface area contributed by atoms with E-state index in [-0.39, 0.29) is 29.8 Å². The summed E-state index contributed by atoms with van der Waals surface area (Å²) in [4.78, 5) is 20.3. The summed E-state index contributed by atoms with van der Waals surface area (Å²) in [5.74, 6) is 0.951. The standard InChI is InChI=1S/C16H19N5O5S/c1-19(2)15-9-17-10-16(18-15)26-13-6-7-20(11-13)27(24,25)14-5-3-4-12(8-14)21(22)23/h3-5,8-10,13H,6-7,11H2,1-2H3. The van der Waals surface area contributed by atoms with Crippen LogP contribution in [0.15, 0.2) is 41.6 Å². The molecule has 0 radical (unpaired) electrons. The SMILES string of the molecule is CN(C)c1cncc(OC2CCN(S(=O)(=O)c3cccc([N+](=O)[O-])c3)C2)n1. The molecule has 1 fully saturated rings. The van der Waals surface area contributed by atoms with Crippen molar-refractivity contribution in [3.05, 3.63) is 46.8 Å². The van der Waals surface area contributed by atoms with Crippen LogP contribution in [0.3, 0.4) is 0 Å². The van der Waals surface area contributed by atoms with Gasteiger partial charge in [0.1, 0.15) is 6.10 Å². The van der Waals surface area contributed by atoms with E-state index in [1.807, 2.05) is 14.1 Å². The molecule has 1 unspecified atom stereocenters. The summed E-state index contributed by atoms with van der Waals surface area (Å²) in [7, 11) is -0.177. The second-order valence-electron chi connectivity index (χ2n) is 6.26. The zero-order valence-corrected chi connectivity index (χ0v) is 15.7. The average Bonchev–Trinajstić information content (AvgIpc) is 3.11. The van der Waals surface area contributed by atoms with E-state index in [9.17, 15) is 18.5 Å². The van der Waals surface area contributed by atoms with E-state index in [1.165, 1.54) is 28.7 Å². The summed E-state index contributed by atoms with van der Waals surface area (Å²) in [5, 5.41) is 10.9. The van der Waals surface area contributed by atoms with Gasteiger partial charge in [0.15, 0.2) is 5.82 Å². The lowest BCUT2D eigenvalue weighted by molar-refractivity contribution is -0.385. The third kappa shape index (κ3) is 4.14. The van der Waals surface area contributed by atoms with Gasteiger partial charge in [-0.1, -0.05) is 6.07 Å². The molecule has 0 bridgehead atoms. The Bertz CT molecular complexity index is 950. The molecule has 1 aliphatic heterocycles. The van der Waals surface area contributed by atoms with Gasteiger partial charge in [-0.3, -0.25) is 15.1 Å². The molecule has 0 saturated carbocycles. The molecular formula is C16H19N5O5S. The van der Waals surface area contributed by atoms with Crippen molar-refractivity contribution < 1.29 is 18.1 Å². The fraction of sp³-hybridized carbons (Fsp3) is 0.375. The van der Waals surface area contributed by atoms with E-state index in [4.69, 9.17) is 4.74 Å². The molecule has 1 aromatic carbocycles. The van der Waals surface area contributed by atoms with E-state index < -0.39 is 14.9 Å². The third-order valence-corrected chi connectivity index (χ3v) is 5.98. The van der Waals surface area contributed by atoms with E-state index in [0.717, 1.165) is 6.07 Å². The number of anilines is 1. The lowest BCUT2D eigenvalue weighted by Gasteiger charge is -2.17. The number of sulfonamides is 1. The van der Waals surface area contributed by atoms with Crippen molar-refractivity contribution in [2.24, 2.45) is 0 Å². The molecular weight excluding hydrogens is 374 g/mol. The Hall–Kier alpha value is -2.79. The molecule has 144 valence electrons. The van der Waals surface area contributed by atoms with Crippen LogP contribution in [0.2, 0.25) is 0 Å². The first-order valence-corrected chi connectivity index (χ1v) is 9.62. The molecule has 3 rings (SSSR count).